The van der Waals surface area contributed by atoms with Gasteiger partial charge in [0, 0.05) is 0 Å². The van der Waals surface area contributed by atoms with Crippen LogP contribution in [0.25, 0.3) is 0 Å². The van der Waals surface area contributed by atoms with Gasteiger partial charge in [0.15, 0.2) is 0 Å². The SMILES string of the molecule is N#Cc1ccccc1S(=O)(=O)NC1(CO)CCC1. The fourth-order valence-electron chi connectivity index (χ4n) is 2.03. The molecule has 1 fully saturated rings. The maximum atomic E-state index is 12.2. The van der Waals surface area contributed by atoms with Crippen molar-refractivity contribution in [3.05, 3.63) is 29.8 Å². The van der Waals surface area contributed by atoms with E-state index in [0.717, 1.165) is 6.42 Å². The van der Waals surface area contributed by atoms with Gasteiger partial charge in [0.2, 0.25) is 10.0 Å². The van der Waals surface area contributed by atoms with Crippen LogP contribution in [0.1, 0.15) is 24.8 Å². The Morgan fingerprint density at radius 1 is 1.39 bits per heavy atom. The Morgan fingerprint density at radius 2 is 2.06 bits per heavy atom. The summed E-state index contributed by atoms with van der Waals surface area (Å²) in [6, 6.07) is 7.90. The van der Waals surface area contributed by atoms with E-state index in [0.29, 0.717) is 12.8 Å². The zero-order valence-corrected chi connectivity index (χ0v) is 10.6. The van der Waals surface area contributed by atoms with Crippen LogP contribution >= 0.6 is 0 Å². The second kappa shape index (κ2) is 4.69. The minimum Gasteiger partial charge on any atom is -0.394 e. The number of sulfonamides is 1. The molecule has 0 amide bonds. The van der Waals surface area contributed by atoms with Gasteiger partial charge in [-0.1, -0.05) is 12.1 Å². The van der Waals surface area contributed by atoms with Gasteiger partial charge in [-0.3, -0.25) is 0 Å². The highest BCUT2D eigenvalue weighted by atomic mass is 32.2. The molecule has 0 heterocycles. The van der Waals surface area contributed by atoms with Crippen molar-refractivity contribution in [3.8, 4) is 6.07 Å². The predicted octanol–water partition coefficient (Wildman–Crippen LogP) is 0.752. The number of rotatable bonds is 4. The summed E-state index contributed by atoms with van der Waals surface area (Å²) in [4.78, 5) is -0.0350. The lowest BCUT2D eigenvalue weighted by Gasteiger charge is -2.40. The van der Waals surface area contributed by atoms with Crippen LogP contribution < -0.4 is 4.72 Å². The fourth-order valence-corrected chi connectivity index (χ4v) is 3.64. The topological polar surface area (TPSA) is 90.2 Å². The summed E-state index contributed by atoms with van der Waals surface area (Å²) in [5.41, 5.74) is -0.640. The fraction of sp³-hybridized carbons (Fsp3) is 0.417. The Labute approximate surface area is 106 Å². The number of nitrogens with one attached hydrogen (secondary N) is 1. The zero-order chi connectivity index (χ0) is 13.2. The van der Waals surface area contributed by atoms with Crippen molar-refractivity contribution in [3.63, 3.8) is 0 Å². The Morgan fingerprint density at radius 3 is 2.56 bits per heavy atom. The van der Waals surface area contributed by atoms with Crippen LogP contribution in [0.3, 0.4) is 0 Å². The van der Waals surface area contributed by atoms with Crippen LogP contribution in [-0.2, 0) is 10.0 Å². The normalized spacial score (nSPS) is 17.8. The van der Waals surface area contributed by atoms with Gasteiger partial charge in [0.25, 0.3) is 0 Å². The Kier molecular flexibility index (Phi) is 3.39. The Bertz CT molecular complexity index is 580. The lowest BCUT2D eigenvalue weighted by Crippen LogP contribution is -2.56. The van der Waals surface area contributed by atoms with Gasteiger partial charge < -0.3 is 5.11 Å². The molecule has 0 aromatic heterocycles. The molecular weight excluding hydrogens is 252 g/mol. The molecule has 0 unspecified atom stereocenters. The molecule has 1 aromatic carbocycles. The maximum absolute atomic E-state index is 12.2. The first-order valence-corrected chi connectivity index (χ1v) is 7.15. The predicted molar refractivity (Wildman–Crippen MR) is 65.1 cm³/mol. The highest BCUT2D eigenvalue weighted by Crippen LogP contribution is 2.33. The van der Waals surface area contributed by atoms with Gasteiger partial charge in [-0.25, -0.2) is 13.1 Å². The molecule has 0 spiro atoms. The first kappa shape index (κ1) is 13.0. The summed E-state index contributed by atoms with van der Waals surface area (Å²) in [7, 11) is -3.77. The van der Waals surface area contributed by atoms with Crippen LogP contribution in [0, 0.1) is 11.3 Å². The number of nitriles is 1. The van der Waals surface area contributed by atoms with E-state index in [9.17, 15) is 13.5 Å². The number of hydrogen-bond donors (Lipinski definition) is 2. The largest absolute Gasteiger partial charge is 0.394 e. The second-order valence-corrected chi connectivity index (χ2v) is 6.16. The van der Waals surface area contributed by atoms with E-state index in [2.05, 4.69) is 4.72 Å². The van der Waals surface area contributed by atoms with Crippen molar-refractivity contribution in [2.75, 3.05) is 6.61 Å². The number of hydrogen-bond acceptors (Lipinski definition) is 4. The van der Waals surface area contributed by atoms with Crippen molar-refractivity contribution in [1.82, 2.24) is 4.72 Å². The van der Waals surface area contributed by atoms with Gasteiger partial charge in [-0.15, -0.1) is 0 Å². The van der Waals surface area contributed by atoms with Gasteiger partial charge in [-0.05, 0) is 31.4 Å². The van der Waals surface area contributed by atoms with Crippen LogP contribution in [0.5, 0.6) is 0 Å². The van der Waals surface area contributed by atoms with E-state index >= 15 is 0 Å². The highest BCUT2D eigenvalue weighted by molar-refractivity contribution is 7.89. The minimum atomic E-state index is -3.77. The van der Waals surface area contributed by atoms with Crippen LogP contribution in [-0.4, -0.2) is 25.7 Å². The molecule has 6 heteroatoms. The molecule has 0 radical (unpaired) electrons. The second-order valence-electron chi connectivity index (χ2n) is 4.51. The van der Waals surface area contributed by atoms with Crippen LogP contribution in [0.4, 0.5) is 0 Å². The zero-order valence-electron chi connectivity index (χ0n) is 9.76. The molecule has 5 nitrogen and oxygen atoms in total. The summed E-state index contributed by atoms with van der Waals surface area (Å²) in [5.74, 6) is 0. The van der Waals surface area contributed by atoms with E-state index in [1.54, 1.807) is 12.1 Å². The molecule has 1 aliphatic rings. The molecular formula is C12H14N2O3S. The van der Waals surface area contributed by atoms with Gasteiger partial charge >= 0.3 is 0 Å². The third-order valence-corrected chi connectivity index (χ3v) is 4.90. The smallest absolute Gasteiger partial charge is 0.242 e. The summed E-state index contributed by atoms with van der Waals surface area (Å²) >= 11 is 0. The van der Waals surface area contributed by atoms with E-state index < -0.39 is 15.6 Å². The Balaban J connectivity index is 2.34. The first-order valence-electron chi connectivity index (χ1n) is 5.67. The summed E-state index contributed by atoms with van der Waals surface area (Å²) in [6.07, 6.45) is 2.14. The molecule has 0 aliphatic heterocycles. The average Bonchev–Trinajstić information content (AvgIpc) is 2.34. The lowest BCUT2D eigenvalue weighted by molar-refractivity contribution is 0.110. The van der Waals surface area contributed by atoms with Crippen molar-refractivity contribution in [1.29, 1.82) is 5.26 Å². The molecule has 0 atom stereocenters. The molecule has 0 saturated heterocycles. The maximum Gasteiger partial charge on any atom is 0.242 e. The Hall–Kier alpha value is -1.42. The minimum absolute atomic E-state index is 0.0350. The lowest BCUT2D eigenvalue weighted by atomic mass is 9.78. The summed E-state index contributed by atoms with van der Waals surface area (Å²) in [6.45, 7) is -0.221. The molecule has 1 aliphatic carbocycles. The van der Waals surface area contributed by atoms with Crippen LogP contribution in [0.15, 0.2) is 29.2 Å². The van der Waals surface area contributed by atoms with Crippen molar-refractivity contribution in [2.24, 2.45) is 0 Å². The van der Waals surface area contributed by atoms with E-state index in [1.807, 2.05) is 6.07 Å². The van der Waals surface area contributed by atoms with Gasteiger partial charge in [-0.2, -0.15) is 5.26 Å². The van der Waals surface area contributed by atoms with E-state index in [-0.39, 0.29) is 17.1 Å². The third-order valence-electron chi connectivity index (χ3n) is 3.26. The van der Waals surface area contributed by atoms with Crippen LogP contribution in [0.2, 0.25) is 0 Å². The monoisotopic (exact) mass is 266 g/mol. The number of aliphatic hydroxyl groups is 1. The van der Waals surface area contributed by atoms with Gasteiger partial charge in [0.05, 0.1) is 22.6 Å². The number of benzene rings is 1. The summed E-state index contributed by atoms with van der Waals surface area (Å²) < 4.78 is 26.9. The summed E-state index contributed by atoms with van der Waals surface area (Å²) in [5, 5.41) is 18.2. The quantitative estimate of drug-likeness (QED) is 0.841. The standard InChI is InChI=1S/C12H14N2O3S/c13-8-10-4-1-2-5-11(10)18(16,17)14-12(9-15)6-3-7-12/h1-2,4-5,14-15H,3,6-7,9H2. The molecule has 18 heavy (non-hydrogen) atoms. The average molecular weight is 266 g/mol. The van der Waals surface area contributed by atoms with Crippen molar-refractivity contribution < 1.29 is 13.5 Å². The van der Waals surface area contributed by atoms with E-state index in [4.69, 9.17) is 5.26 Å². The third kappa shape index (κ3) is 2.25. The number of aliphatic hydroxyl groups excluding tert-OH is 1. The molecule has 2 rings (SSSR count). The highest BCUT2D eigenvalue weighted by Gasteiger charge is 2.40. The van der Waals surface area contributed by atoms with Crippen molar-refractivity contribution >= 4 is 10.0 Å². The molecule has 1 aromatic rings. The van der Waals surface area contributed by atoms with Gasteiger partial charge in [0.1, 0.15) is 6.07 Å². The van der Waals surface area contributed by atoms with Crippen molar-refractivity contribution in [2.45, 2.75) is 29.7 Å². The molecule has 0 bridgehead atoms. The molecule has 2 N–H and O–H groups in total. The molecule has 1 saturated carbocycles. The number of nitrogens with zero attached hydrogens (tertiary/aromatic N) is 1. The molecule has 96 valence electrons. The van der Waals surface area contributed by atoms with E-state index in [1.165, 1.54) is 12.1 Å². The first-order chi connectivity index (χ1) is 8.53.